The molecule has 3 amide bonds. The van der Waals surface area contributed by atoms with Crippen LogP contribution in [0.3, 0.4) is 0 Å². The molecule has 14 heteroatoms. The highest BCUT2D eigenvalue weighted by Crippen LogP contribution is 2.32. The van der Waals surface area contributed by atoms with Crippen molar-refractivity contribution in [3.8, 4) is 16.9 Å². The van der Waals surface area contributed by atoms with E-state index >= 15 is 0 Å². The number of carbonyl (C=O) groups excluding carboxylic acids is 3. The Balaban J connectivity index is 1.38. The summed E-state index contributed by atoms with van der Waals surface area (Å²) in [6.07, 6.45) is 7.67. The number of hydrogen-bond donors (Lipinski definition) is 4. The molecule has 5 rings (SSSR count). The van der Waals surface area contributed by atoms with E-state index in [4.69, 9.17) is 11.6 Å². The second kappa shape index (κ2) is 12.4. The van der Waals surface area contributed by atoms with Gasteiger partial charge in [0, 0.05) is 34.3 Å². The molecule has 3 heterocycles. The third kappa shape index (κ3) is 6.76. The number of methoxy groups -OCH3 is 1. The van der Waals surface area contributed by atoms with Crippen LogP contribution in [0.4, 0.5) is 16.2 Å². The first-order valence-corrected chi connectivity index (χ1v) is 13.1. The third-order valence-electron chi connectivity index (χ3n) is 6.40. The topological polar surface area (TPSA) is 169 Å². The number of nitrogens with one attached hydrogen (secondary N) is 4. The van der Waals surface area contributed by atoms with Crippen LogP contribution in [0, 0.1) is 0 Å². The summed E-state index contributed by atoms with van der Waals surface area (Å²) in [5, 5.41) is 20.3. The molecule has 1 aliphatic heterocycles. The molecule has 0 saturated carbocycles. The summed E-state index contributed by atoms with van der Waals surface area (Å²) in [6, 6.07) is 9.86. The molecule has 0 aliphatic carbocycles. The molecule has 0 radical (unpaired) electrons. The number of fused-ring (bicyclic) bond motifs is 4. The summed E-state index contributed by atoms with van der Waals surface area (Å²) >= 11 is 6.19. The average Bonchev–Trinajstić information content (AvgIpc) is 3.66. The number of anilines is 2. The van der Waals surface area contributed by atoms with Gasteiger partial charge in [0.05, 0.1) is 36.4 Å². The fourth-order valence-electron chi connectivity index (χ4n) is 4.43. The lowest BCUT2D eigenvalue weighted by Crippen LogP contribution is -2.28. The molecule has 1 unspecified atom stereocenters. The molecule has 210 valence electrons. The van der Waals surface area contributed by atoms with Crippen LogP contribution in [0.1, 0.15) is 43.1 Å². The van der Waals surface area contributed by atoms with Crippen molar-refractivity contribution in [1.82, 2.24) is 35.5 Å². The highest BCUT2D eigenvalue weighted by molar-refractivity contribution is 6.30. The van der Waals surface area contributed by atoms with Crippen LogP contribution >= 0.6 is 11.6 Å². The summed E-state index contributed by atoms with van der Waals surface area (Å²) < 4.78 is 6.14. The lowest BCUT2D eigenvalue weighted by molar-refractivity contribution is -0.118. The molecule has 2 bridgehead atoms. The predicted octanol–water partition coefficient (Wildman–Crippen LogP) is 4.27. The summed E-state index contributed by atoms with van der Waals surface area (Å²) in [4.78, 5) is 45.2. The zero-order valence-electron chi connectivity index (χ0n) is 21.9. The first-order valence-electron chi connectivity index (χ1n) is 12.8. The smallest absolute Gasteiger partial charge is 0.411 e. The van der Waals surface area contributed by atoms with E-state index in [1.165, 1.54) is 24.2 Å². The standard InChI is InChI=1S/C27H26ClN9O4/c1-41-27(40)31-18-8-9-19-21(13-18)33-24(38)5-3-2-4-20(26-29-14-22(19)34-26)32-25(39)11-6-16-12-17(28)7-10-23(16)37-15-30-35-36-37/h6-15,20H,2-5H2,1H3,(H,29,34)(H,31,40)(H,32,39)(H,33,38). The molecule has 2 aromatic carbocycles. The number of aromatic nitrogens is 6. The molecular weight excluding hydrogens is 550 g/mol. The number of aromatic amines is 1. The first kappa shape index (κ1) is 27.5. The van der Waals surface area contributed by atoms with E-state index in [2.05, 4.69) is 46.2 Å². The molecule has 0 spiro atoms. The monoisotopic (exact) mass is 575 g/mol. The van der Waals surface area contributed by atoms with E-state index in [0.29, 0.717) is 70.4 Å². The van der Waals surface area contributed by atoms with Gasteiger partial charge in [-0.25, -0.2) is 9.78 Å². The van der Waals surface area contributed by atoms with E-state index in [0.717, 1.165) is 0 Å². The minimum atomic E-state index is -0.622. The van der Waals surface area contributed by atoms with Crippen LogP contribution in [0.2, 0.25) is 5.02 Å². The van der Waals surface area contributed by atoms with E-state index < -0.39 is 12.1 Å². The number of hydrogen-bond acceptors (Lipinski definition) is 8. The molecule has 0 saturated heterocycles. The molecular formula is C27H26ClN9O4. The van der Waals surface area contributed by atoms with E-state index in [9.17, 15) is 14.4 Å². The summed E-state index contributed by atoms with van der Waals surface area (Å²) in [6.45, 7) is 0. The van der Waals surface area contributed by atoms with Gasteiger partial charge in [0.15, 0.2) is 0 Å². The van der Waals surface area contributed by atoms with E-state index in [1.54, 1.807) is 48.7 Å². The lowest BCUT2D eigenvalue weighted by Gasteiger charge is -2.17. The number of benzene rings is 2. The summed E-state index contributed by atoms with van der Waals surface area (Å²) in [7, 11) is 1.27. The number of ether oxygens (including phenoxy) is 1. The quantitative estimate of drug-likeness (QED) is 0.256. The van der Waals surface area contributed by atoms with Crippen molar-refractivity contribution < 1.29 is 19.1 Å². The Hall–Kier alpha value is -5.04. The second-order valence-electron chi connectivity index (χ2n) is 9.21. The van der Waals surface area contributed by atoms with Crippen LogP contribution in [0.25, 0.3) is 23.0 Å². The maximum absolute atomic E-state index is 13.0. The van der Waals surface area contributed by atoms with Gasteiger partial charge in [-0.1, -0.05) is 18.0 Å². The fraction of sp³-hybridized carbons (Fsp3) is 0.222. The Morgan fingerprint density at radius 1 is 1.20 bits per heavy atom. The van der Waals surface area contributed by atoms with Crippen molar-refractivity contribution in [3.63, 3.8) is 0 Å². The minimum absolute atomic E-state index is 0.162. The number of carbonyl (C=O) groups is 3. The zero-order chi connectivity index (χ0) is 28.8. The normalized spacial score (nSPS) is 15.3. The van der Waals surface area contributed by atoms with Gasteiger partial charge in [0.2, 0.25) is 11.8 Å². The average molecular weight is 576 g/mol. The van der Waals surface area contributed by atoms with Crippen molar-refractivity contribution in [1.29, 1.82) is 0 Å². The Morgan fingerprint density at radius 3 is 2.88 bits per heavy atom. The van der Waals surface area contributed by atoms with Gasteiger partial charge in [-0.2, -0.15) is 4.68 Å². The molecule has 1 atom stereocenters. The van der Waals surface area contributed by atoms with Gasteiger partial charge >= 0.3 is 6.09 Å². The lowest BCUT2D eigenvalue weighted by atomic mass is 10.1. The van der Waals surface area contributed by atoms with Gasteiger partial charge in [-0.15, -0.1) is 5.10 Å². The number of imidazole rings is 1. The molecule has 41 heavy (non-hydrogen) atoms. The third-order valence-corrected chi connectivity index (χ3v) is 6.64. The maximum atomic E-state index is 13.0. The minimum Gasteiger partial charge on any atom is -0.453 e. The van der Waals surface area contributed by atoms with E-state index in [1.807, 2.05) is 0 Å². The first-order chi connectivity index (χ1) is 19.9. The Labute approximate surface area is 239 Å². The van der Waals surface area contributed by atoms with Crippen LogP contribution in [-0.4, -0.2) is 55.2 Å². The Bertz CT molecular complexity index is 1600. The van der Waals surface area contributed by atoms with Crippen molar-refractivity contribution in [2.45, 2.75) is 31.7 Å². The maximum Gasteiger partial charge on any atom is 0.411 e. The molecule has 13 nitrogen and oxygen atoms in total. The highest BCUT2D eigenvalue weighted by Gasteiger charge is 2.20. The number of tetrazole rings is 1. The predicted molar refractivity (Wildman–Crippen MR) is 151 cm³/mol. The van der Waals surface area contributed by atoms with Crippen LogP contribution in [0.5, 0.6) is 0 Å². The van der Waals surface area contributed by atoms with Gasteiger partial charge in [-0.05, 0) is 65.7 Å². The molecule has 2 aromatic heterocycles. The summed E-state index contributed by atoms with van der Waals surface area (Å²) in [5.74, 6) is 0.0815. The fourth-order valence-corrected chi connectivity index (χ4v) is 4.61. The molecule has 0 fully saturated rings. The van der Waals surface area contributed by atoms with E-state index in [-0.39, 0.29) is 11.8 Å². The molecule has 4 aromatic rings. The van der Waals surface area contributed by atoms with Crippen molar-refractivity contribution in [3.05, 3.63) is 71.4 Å². The molecule has 4 N–H and O–H groups in total. The molecule has 1 aliphatic rings. The summed E-state index contributed by atoms with van der Waals surface area (Å²) in [5.41, 5.74) is 3.59. The van der Waals surface area contributed by atoms with Crippen LogP contribution in [0.15, 0.2) is 55.0 Å². The zero-order valence-corrected chi connectivity index (χ0v) is 22.7. The number of nitrogens with zero attached hydrogens (tertiary/aromatic N) is 5. The van der Waals surface area contributed by atoms with Crippen molar-refractivity contribution >= 4 is 47.0 Å². The number of halogens is 1. The van der Waals surface area contributed by atoms with Gasteiger partial charge in [0.1, 0.15) is 12.2 Å². The Kier molecular flexibility index (Phi) is 8.34. The Morgan fingerprint density at radius 2 is 2.07 bits per heavy atom. The SMILES string of the molecule is COC(=O)Nc1ccc2c(c1)NC(=O)CCCCC(NC(=O)C=Cc1cc(Cl)ccc1-n1cnnn1)c1ncc-2[nH]1. The van der Waals surface area contributed by atoms with Crippen molar-refractivity contribution in [2.24, 2.45) is 0 Å². The largest absolute Gasteiger partial charge is 0.453 e. The number of amides is 3. The number of H-pyrrole nitrogens is 1. The van der Waals surface area contributed by atoms with Crippen LogP contribution < -0.4 is 16.0 Å². The van der Waals surface area contributed by atoms with Gasteiger partial charge < -0.3 is 20.4 Å². The number of rotatable bonds is 5. The van der Waals surface area contributed by atoms with Gasteiger partial charge in [-0.3, -0.25) is 14.9 Å². The van der Waals surface area contributed by atoms with Gasteiger partial charge in [0.25, 0.3) is 0 Å². The van der Waals surface area contributed by atoms with Crippen LogP contribution in [-0.2, 0) is 14.3 Å². The second-order valence-corrected chi connectivity index (χ2v) is 9.64. The van der Waals surface area contributed by atoms with Crippen molar-refractivity contribution in [2.75, 3.05) is 17.7 Å². The highest BCUT2D eigenvalue weighted by atomic mass is 35.5.